The summed E-state index contributed by atoms with van der Waals surface area (Å²) >= 11 is 1.35. The van der Waals surface area contributed by atoms with E-state index in [1.165, 1.54) is 37.0 Å². The summed E-state index contributed by atoms with van der Waals surface area (Å²) in [6.45, 7) is 4.03. The van der Waals surface area contributed by atoms with Gasteiger partial charge in [0.1, 0.15) is 11.6 Å². The van der Waals surface area contributed by atoms with E-state index >= 15 is 0 Å². The molecule has 138 valence electrons. The average molecular weight is 366 g/mol. The molecule has 1 saturated heterocycles. The van der Waals surface area contributed by atoms with Gasteiger partial charge in [-0.05, 0) is 19.3 Å². The highest BCUT2D eigenvalue weighted by atomic mass is 32.1. The summed E-state index contributed by atoms with van der Waals surface area (Å²) in [5, 5.41) is 12.4. The maximum absolute atomic E-state index is 12.3. The van der Waals surface area contributed by atoms with Crippen molar-refractivity contribution in [3.8, 4) is 0 Å². The van der Waals surface area contributed by atoms with E-state index in [9.17, 15) is 9.59 Å². The van der Waals surface area contributed by atoms with Gasteiger partial charge in [0.2, 0.25) is 16.9 Å². The third kappa shape index (κ3) is 4.76. The molecule has 1 aromatic rings. The number of anilines is 1. The highest BCUT2D eigenvalue weighted by Gasteiger charge is 2.36. The molecule has 7 nitrogen and oxygen atoms in total. The largest absolute Gasteiger partial charge is 0.374 e. The zero-order valence-corrected chi connectivity index (χ0v) is 15.5. The minimum Gasteiger partial charge on any atom is -0.374 e. The smallest absolute Gasteiger partial charge is 0.229 e. The Hall–Kier alpha value is -1.54. The lowest BCUT2D eigenvalue weighted by molar-refractivity contribution is -0.126. The highest BCUT2D eigenvalue weighted by Crippen LogP contribution is 2.29. The van der Waals surface area contributed by atoms with E-state index in [1.54, 1.807) is 4.90 Å². The van der Waals surface area contributed by atoms with E-state index in [0.29, 0.717) is 31.4 Å². The van der Waals surface area contributed by atoms with Gasteiger partial charge >= 0.3 is 0 Å². The zero-order valence-electron chi connectivity index (χ0n) is 14.7. The van der Waals surface area contributed by atoms with Crippen molar-refractivity contribution in [2.24, 2.45) is 11.8 Å². The second-order valence-corrected chi connectivity index (χ2v) is 7.79. The Morgan fingerprint density at radius 1 is 1.36 bits per heavy atom. The fraction of sp³-hybridized carbons (Fsp3) is 0.765. The lowest BCUT2D eigenvalue weighted by Crippen LogP contribution is -2.34. The molecule has 0 bridgehead atoms. The molecule has 1 N–H and O–H groups in total. The molecule has 8 heteroatoms. The van der Waals surface area contributed by atoms with Gasteiger partial charge in [-0.25, -0.2) is 0 Å². The van der Waals surface area contributed by atoms with Gasteiger partial charge in [-0.2, -0.15) is 0 Å². The number of rotatable bonds is 8. The number of carbonyl (C=O) groups is 2. The van der Waals surface area contributed by atoms with Gasteiger partial charge in [0.25, 0.3) is 0 Å². The van der Waals surface area contributed by atoms with Crippen molar-refractivity contribution < 1.29 is 14.3 Å². The first kappa shape index (κ1) is 18.3. The van der Waals surface area contributed by atoms with Crippen LogP contribution in [-0.4, -0.2) is 41.7 Å². The van der Waals surface area contributed by atoms with Crippen LogP contribution in [0.25, 0.3) is 0 Å². The summed E-state index contributed by atoms with van der Waals surface area (Å²) in [6, 6.07) is 0. The second-order valence-electron chi connectivity index (χ2n) is 6.75. The summed E-state index contributed by atoms with van der Waals surface area (Å²) in [5.41, 5.74) is 0. The van der Waals surface area contributed by atoms with Gasteiger partial charge in [0.05, 0.1) is 5.92 Å². The lowest BCUT2D eigenvalue weighted by Gasteiger charge is -2.14. The lowest BCUT2D eigenvalue weighted by atomic mass is 10.0. The summed E-state index contributed by atoms with van der Waals surface area (Å²) in [4.78, 5) is 26.2. The van der Waals surface area contributed by atoms with Crippen LogP contribution in [0.2, 0.25) is 0 Å². The Bertz CT molecular complexity index is 600. The van der Waals surface area contributed by atoms with E-state index in [-0.39, 0.29) is 24.2 Å². The number of hydrogen-bond acceptors (Lipinski definition) is 6. The monoisotopic (exact) mass is 366 g/mol. The van der Waals surface area contributed by atoms with E-state index in [4.69, 9.17) is 4.74 Å². The normalized spacial score (nSPS) is 21.2. The van der Waals surface area contributed by atoms with Gasteiger partial charge in [-0.1, -0.05) is 37.0 Å². The Kier molecular flexibility index (Phi) is 6.36. The van der Waals surface area contributed by atoms with Crippen molar-refractivity contribution in [3.63, 3.8) is 0 Å². The molecule has 0 spiro atoms. The van der Waals surface area contributed by atoms with Gasteiger partial charge in [0.15, 0.2) is 0 Å². The molecule has 2 heterocycles. The first-order chi connectivity index (χ1) is 12.2. The number of ether oxygens (including phenoxy) is 1. The number of carbonyl (C=O) groups excluding carboxylic acids is 2. The highest BCUT2D eigenvalue weighted by molar-refractivity contribution is 7.15. The number of aromatic nitrogens is 2. The summed E-state index contributed by atoms with van der Waals surface area (Å²) < 4.78 is 5.31. The zero-order chi connectivity index (χ0) is 17.6. The summed E-state index contributed by atoms with van der Waals surface area (Å²) in [5.74, 6) is 0.380. The van der Waals surface area contributed by atoms with Crippen molar-refractivity contribution in [3.05, 3.63) is 5.01 Å². The topological polar surface area (TPSA) is 84.4 Å². The Labute approximate surface area is 152 Å². The van der Waals surface area contributed by atoms with E-state index in [2.05, 4.69) is 15.5 Å². The van der Waals surface area contributed by atoms with Crippen molar-refractivity contribution in [2.45, 2.75) is 52.1 Å². The predicted molar refractivity (Wildman–Crippen MR) is 95.3 cm³/mol. The van der Waals surface area contributed by atoms with Crippen LogP contribution in [0, 0.1) is 11.8 Å². The molecule has 0 radical (unpaired) electrons. The molecule has 1 aliphatic carbocycles. The molecule has 2 amide bonds. The molecule has 25 heavy (non-hydrogen) atoms. The number of nitrogens with zero attached hydrogens (tertiary/aromatic N) is 3. The second kappa shape index (κ2) is 8.71. The third-order valence-corrected chi connectivity index (χ3v) is 5.86. The van der Waals surface area contributed by atoms with Crippen LogP contribution < -0.4 is 10.2 Å². The van der Waals surface area contributed by atoms with Crippen LogP contribution in [0.1, 0.15) is 50.5 Å². The Morgan fingerprint density at radius 2 is 2.16 bits per heavy atom. The quantitative estimate of drug-likeness (QED) is 0.762. The molecule has 1 saturated carbocycles. The molecule has 1 unspecified atom stereocenters. The van der Waals surface area contributed by atoms with Crippen LogP contribution >= 0.6 is 11.3 Å². The maximum Gasteiger partial charge on any atom is 0.229 e. The maximum atomic E-state index is 12.3. The number of amides is 2. The number of nitrogens with one attached hydrogen (secondary N) is 1. The molecule has 1 atom stereocenters. The van der Waals surface area contributed by atoms with E-state index in [0.717, 1.165) is 17.3 Å². The van der Waals surface area contributed by atoms with Gasteiger partial charge in [-0.15, -0.1) is 10.2 Å². The SMILES string of the molecule is CCOCc1nnc(N2CC(C(=O)NCCC3CCCC3)CC2=O)s1. The molecular formula is C17H26N4O3S. The fourth-order valence-electron chi connectivity index (χ4n) is 3.51. The van der Waals surface area contributed by atoms with E-state index in [1.807, 2.05) is 6.92 Å². The molecule has 1 aromatic heterocycles. The molecule has 0 aromatic carbocycles. The van der Waals surface area contributed by atoms with Crippen molar-refractivity contribution in [1.29, 1.82) is 0 Å². The Morgan fingerprint density at radius 3 is 2.92 bits per heavy atom. The molecule has 1 aliphatic heterocycles. The number of hydrogen-bond donors (Lipinski definition) is 1. The first-order valence-electron chi connectivity index (χ1n) is 9.15. The minimum atomic E-state index is -0.296. The summed E-state index contributed by atoms with van der Waals surface area (Å²) in [7, 11) is 0. The Balaban J connectivity index is 1.47. The molecule has 3 rings (SSSR count). The van der Waals surface area contributed by atoms with Crippen LogP contribution in [0.15, 0.2) is 0 Å². The molecular weight excluding hydrogens is 340 g/mol. The van der Waals surface area contributed by atoms with Gasteiger partial charge in [-0.3, -0.25) is 14.5 Å². The van der Waals surface area contributed by atoms with Gasteiger partial charge < -0.3 is 10.1 Å². The first-order valence-corrected chi connectivity index (χ1v) is 9.97. The average Bonchev–Trinajstić information content (AvgIpc) is 3.33. The van der Waals surface area contributed by atoms with Crippen LogP contribution in [0.3, 0.4) is 0 Å². The minimum absolute atomic E-state index is 0.0205. The van der Waals surface area contributed by atoms with Crippen molar-refractivity contribution >= 4 is 28.3 Å². The van der Waals surface area contributed by atoms with Crippen molar-refractivity contribution in [2.75, 3.05) is 24.6 Å². The standard InChI is InChI=1S/C17H26N4O3S/c1-2-24-11-14-19-20-17(25-14)21-10-13(9-15(21)22)16(23)18-8-7-12-5-3-4-6-12/h12-13H,2-11H2,1H3,(H,18,23). The van der Waals surface area contributed by atoms with Crippen LogP contribution in [0.5, 0.6) is 0 Å². The van der Waals surface area contributed by atoms with Gasteiger partial charge in [0, 0.05) is 26.1 Å². The van der Waals surface area contributed by atoms with Crippen LogP contribution in [-0.2, 0) is 20.9 Å². The molecule has 2 fully saturated rings. The third-order valence-electron chi connectivity index (χ3n) is 4.94. The fourth-order valence-corrected chi connectivity index (χ4v) is 4.32. The van der Waals surface area contributed by atoms with Crippen LogP contribution in [0.4, 0.5) is 5.13 Å². The van der Waals surface area contributed by atoms with Crippen molar-refractivity contribution in [1.82, 2.24) is 15.5 Å². The molecule has 2 aliphatic rings. The summed E-state index contributed by atoms with van der Waals surface area (Å²) in [6.07, 6.45) is 6.50. The predicted octanol–water partition coefficient (Wildman–Crippen LogP) is 2.12. The van der Waals surface area contributed by atoms with E-state index < -0.39 is 0 Å².